The summed E-state index contributed by atoms with van der Waals surface area (Å²) in [5, 5.41) is 0. The van der Waals surface area contributed by atoms with Crippen molar-refractivity contribution in [3.05, 3.63) is 122 Å². The van der Waals surface area contributed by atoms with Gasteiger partial charge in [0.05, 0.1) is 6.61 Å². The van der Waals surface area contributed by atoms with E-state index in [0.29, 0.717) is 19.4 Å². The molecule has 0 aromatic rings. The minimum atomic E-state index is -0.564. The monoisotopic (exact) mass is 941 g/mol. The van der Waals surface area contributed by atoms with Gasteiger partial charge in [-0.2, -0.15) is 0 Å². The highest BCUT2D eigenvalue weighted by atomic mass is 16.6. The average molecular weight is 942 g/mol. The lowest BCUT2D eigenvalue weighted by molar-refractivity contribution is -0.163. The van der Waals surface area contributed by atoms with E-state index in [0.717, 1.165) is 135 Å². The zero-order chi connectivity index (χ0) is 49.2. The molecule has 0 aliphatic rings. The van der Waals surface area contributed by atoms with Gasteiger partial charge in [0.25, 0.3) is 0 Å². The number of unbranched alkanes of at least 4 members (excludes halogenated alkanes) is 19. The first-order chi connectivity index (χ1) is 33.6. The third-order valence-corrected chi connectivity index (χ3v) is 11.5. The number of hydrogen-bond donors (Lipinski definition) is 0. The Morgan fingerprint density at radius 3 is 0.985 bits per heavy atom. The van der Waals surface area contributed by atoms with Crippen LogP contribution in [0.2, 0.25) is 0 Å². The molecule has 0 heterocycles. The summed E-state index contributed by atoms with van der Waals surface area (Å²) in [6.45, 7) is 7.44. The highest BCUT2D eigenvalue weighted by Gasteiger charge is 2.17. The van der Waals surface area contributed by atoms with E-state index in [-0.39, 0.29) is 25.2 Å². The third kappa shape index (κ3) is 54.9. The van der Waals surface area contributed by atoms with Crippen molar-refractivity contribution in [3.63, 3.8) is 0 Å². The molecule has 0 amide bonds. The van der Waals surface area contributed by atoms with Crippen LogP contribution < -0.4 is 0 Å². The Hall–Kier alpha value is -3.70. The smallest absolute Gasteiger partial charge is 0.306 e. The summed E-state index contributed by atoms with van der Waals surface area (Å²) in [4.78, 5) is 25.5. The maximum atomic E-state index is 12.9. The minimum Gasteiger partial charge on any atom is -0.462 e. The van der Waals surface area contributed by atoms with Crippen LogP contribution in [0.15, 0.2) is 122 Å². The van der Waals surface area contributed by atoms with Crippen LogP contribution in [-0.4, -0.2) is 37.9 Å². The Balaban J connectivity index is 4.36. The van der Waals surface area contributed by atoms with Gasteiger partial charge in [-0.25, -0.2) is 0 Å². The molecule has 0 radical (unpaired) electrons. The molecule has 1 unspecified atom stereocenters. The number of esters is 2. The van der Waals surface area contributed by atoms with Gasteiger partial charge in [-0.1, -0.05) is 226 Å². The zero-order valence-corrected chi connectivity index (χ0v) is 44.3. The summed E-state index contributed by atoms with van der Waals surface area (Å²) >= 11 is 0. The fraction of sp³-hybridized carbons (Fsp3) is 0.651. The van der Waals surface area contributed by atoms with Gasteiger partial charge < -0.3 is 14.2 Å². The first kappa shape index (κ1) is 64.3. The normalized spacial score (nSPS) is 13.2. The summed E-state index contributed by atoms with van der Waals surface area (Å²) in [7, 11) is 0. The largest absolute Gasteiger partial charge is 0.462 e. The van der Waals surface area contributed by atoms with E-state index in [9.17, 15) is 9.59 Å². The Bertz CT molecular complexity index is 1390. The van der Waals surface area contributed by atoms with Crippen molar-refractivity contribution in [1.29, 1.82) is 0 Å². The van der Waals surface area contributed by atoms with Crippen molar-refractivity contribution in [2.75, 3.05) is 19.8 Å². The van der Waals surface area contributed by atoms with Crippen molar-refractivity contribution in [3.8, 4) is 0 Å². The fourth-order valence-corrected chi connectivity index (χ4v) is 7.41. The van der Waals surface area contributed by atoms with Gasteiger partial charge in [0.2, 0.25) is 0 Å². The molecule has 68 heavy (non-hydrogen) atoms. The molecule has 5 nitrogen and oxygen atoms in total. The fourth-order valence-electron chi connectivity index (χ4n) is 7.41. The van der Waals surface area contributed by atoms with E-state index in [1.807, 2.05) is 0 Å². The van der Waals surface area contributed by atoms with Gasteiger partial charge in [-0.05, 0) is 122 Å². The number of carbonyl (C=O) groups is 2. The molecule has 0 bridgehead atoms. The van der Waals surface area contributed by atoms with Crippen molar-refractivity contribution >= 4 is 11.9 Å². The molecule has 0 aromatic heterocycles. The van der Waals surface area contributed by atoms with Crippen LogP contribution in [0.1, 0.15) is 239 Å². The zero-order valence-electron chi connectivity index (χ0n) is 44.3. The number of hydrogen-bond acceptors (Lipinski definition) is 5. The highest BCUT2D eigenvalue weighted by molar-refractivity contribution is 5.70. The molecule has 5 heteroatoms. The standard InChI is InChI=1S/C63H104O5/c1-4-7-10-13-16-19-22-25-28-31-32-34-35-38-41-44-47-50-53-56-62(64)67-60-61(59-66-58-55-52-49-46-43-40-37-30-27-24-21-18-15-12-9-6-3)68-63(65)57-54-51-48-45-42-39-36-33-29-26-23-20-17-14-11-8-5-2/h7-12,16-21,25-30,32,34,61H,4-6,13-15,22-24,31,33,35-60H2,1-3H3/b10-7-,11-8-,12-9-,19-16-,20-17-,21-18-,28-25-,29-26-,30-27-,34-32-. The van der Waals surface area contributed by atoms with Crippen LogP contribution in [0.4, 0.5) is 0 Å². The first-order valence-electron chi connectivity index (χ1n) is 28.1. The van der Waals surface area contributed by atoms with Gasteiger partial charge in [0.1, 0.15) is 6.61 Å². The molecule has 386 valence electrons. The maximum Gasteiger partial charge on any atom is 0.306 e. The van der Waals surface area contributed by atoms with Gasteiger partial charge >= 0.3 is 11.9 Å². The maximum absolute atomic E-state index is 12.9. The van der Waals surface area contributed by atoms with Crippen LogP contribution in [-0.2, 0) is 23.8 Å². The van der Waals surface area contributed by atoms with Crippen molar-refractivity contribution in [1.82, 2.24) is 0 Å². The molecule has 0 N–H and O–H groups in total. The van der Waals surface area contributed by atoms with E-state index >= 15 is 0 Å². The van der Waals surface area contributed by atoms with E-state index in [2.05, 4.69) is 142 Å². The molecular weight excluding hydrogens is 837 g/mol. The molecule has 0 spiro atoms. The summed E-state index contributed by atoms with van der Waals surface area (Å²) in [6.07, 6.45) is 80.7. The Morgan fingerprint density at radius 2 is 0.618 bits per heavy atom. The molecular formula is C63H104O5. The van der Waals surface area contributed by atoms with Crippen LogP contribution in [0.3, 0.4) is 0 Å². The predicted octanol–water partition coefficient (Wildman–Crippen LogP) is 19.3. The lowest BCUT2D eigenvalue weighted by Gasteiger charge is -2.18. The van der Waals surface area contributed by atoms with Gasteiger partial charge in [-0.15, -0.1) is 0 Å². The quantitative estimate of drug-likeness (QED) is 0.0345. The van der Waals surface area contributed by atoms with E-state index in [4.69, 9.17) is 14.2 Å². The molecule has 0 aliphatic heterocycles. The lowest BCUT2D eigenvalue weighted by Crippen LogP contribution is -2.30. The second kappa shape index (κ2) is 57.6. The summed E-state index contributed by atoms with van der Waals surface area (Å²) in [5.41, 5.74) is 0. The van der Waals surface area contributed by atoms with Crippen molar-refractivity contribution in [2.24, 2.45) is 0 Å². The Morgan fingerprint density at radius 1 is 0.324 bits per heavy atom. The Labute approximate surface area is 420 Å². The van der Waals surface area contributed by atoms with E-state index < -0.39 is 6.10 Å². The van der Waals surface area contributed by atoms with Gasteiger partial charge in [0.15, 0.2) is 6.10 Å². The van der Waals surface area contributed by atoms with Crippen LogP contribution in [0.5, 0.6) is 0 Å². The van der Waals surface area contributed by atoms with Gasteiger partial charge in [0, 0.05) is 19.4 Å². The Kier molecular flexibility index (Phi) is 54.5. The second-order valence-electron chi connectivity index (χ2n) is 18.0. The lowest BCUT2D eigenvalue weighted by atomic mass is 10.1. The van der Waals surface area contributed by atoms with Crippen molar-refractivity contribution < 1.29 is 23.8 Å². The first-order valence-corrected chi connectivity index (χ1v) is 28.1. The number of ether oxygens (including phenoxy) is 3. The number of carbonyl (C=O) groups excluding carboxylic acids is 2. The number of rotatable bonds is 50. The minimum absolute atomic E-state index is 0.0610. The second-order valence-corrected chi connectivity index (χ2v) is 18.0. The molecule has 0 aliphatic carbocycles. The van der Waals surface area contributed by atoms with Crippen LogP contribution >= 0.6 is 0 Å². The average Bonchev–Trinajstić information content (AvgIpc) is 3.34. The molecule has 0 rings (SSSR count). The SMILES string of the molecule is CC/C=C\C/C=C\C/C=C\C/C=C\CCCCCCCCC(=O)OCC(COCCCCCCCC/C=C\C/C=C\C/C=C\CC)OC(=O)CCCCCCCCC/C=C\C/C=C\C/C=C\CC. The third-order valence-electron chi connectivity index (χ3n) is 11.5. The van der Waals surface area contributed by atoms with Crippen LogP contribution in [0, 0.1) is 0 Å². The molecule has 0 saturated heterocycles. The molecule has 0 aromatic carbocycles. The van der Waals surface area contributed by atoms with Gasteiger partial charge in [-0.3, -0.25) is 9.59 Å². The number of allylic oxidation sites excluding steroid dienone is 20. The molecule has 1 atom stereocenters. The highest BCUT2D eigenvalue weighted by Crippen LogP contribution is 2.14. The van der Waals surface area contributed by atoms with Crippen molar-refractivity contribution in [2.45, 2.75) is 245 Å². The summed E-state index contributed by atoms with van der Waals surface area (Å²) in [5.74, 6) is -0.436. The summed E-state index contributed by atoms with van der Waals surface area (Å²) < 4.78 is 17.4. The van der Waals surface area contributed by atoms with Crippen LogP contribution in [0.25, 0.3) is 0 Å². The van der Waals surface area contributed by atoms with E-state index in [1.54, 1.807) is 0 Å². The predicted molar refractivity (Wildman–Crippen MR) is 297 cm³/mol. The molecule has 0 fully saturated rings. The topological polar surface area (TPSA) is 61.8 Å². The molecule has 0 saturated carbocycles. The summed E-state index contributed by atoms with van der Waals surface area (Å²) in [6, 6.07) is 0. The van der Waals surface area contributed by atoms with E-state index in [1.165, 1.54) is 70.6 Å².